The number of aliphatic hydroxyl groups is 1. The molecule has 5 nitrogen and oxygen atoms in total. The first kappa shape index (κ1) is 11.1. The number of carbonyl (C=O) groups excluding carboxylic acids is 1. The molecule has 5 heteroatoms. The van der Waals surface area contributed by atoms with Crippen molar-refractivity contribution in [3.05, 3.63) is 29.1 Å². The molecule has 1 heterocycles. The van der Waals surface area contributed by atoms with Crippen molar-refractivity contribution in [3.63, 3.8) is 0 Å². The number of nitrogens with one attached hydrogen (secondary N) is 1. The number of pyridine rings is 1. The number of hydrogen-bond donors (Lipinski definition) is 2. The Bertz CT molecular complexity index is 410. The minimum atomic E-state index is -0.351. The molecular weight excluding hydrogens is 194 g/mol. The van der Waals surface area contributed by atoms with E-state index in [0.29, 0.717) is 11.3 Å². The van der Waals surface area contributed by atoms with Gasteiger partial charge in [-0.05, 0) is 11.6 Å². The Balaban J connectivity index is 3.17. The monoisotopic (exact) mass is 205 g/mol. The first-order chi connectivity index (χ1) is 7.22. The topological polar surface area (TPSA) is 86.0 Å². The van der Waals surface area contributed by atoms with Gasteiger partial charge >= 0.3 is 0 Å². The maximum absolute atomic E-state index is 11.4. The van der Waals surface area contributed by atoms with Gasteiger partial charge in [0.1, 0.15) is 5.69 Å². The summed E-state index contributed by atoms with van der Waals surface area (Å²) in [5.74, 6) is -0.351. The lowest BCUT2D eigenvalue weighted by Crippen LogP contribution is -2.21. The minimum absolute atomic E-state index is 0.126. The maximum atomic E-state index is 11.4. The van der Waals surface area contributed by atoms with Gasteiger partial charge in [-0.1, -0.05) is 6.07 Å². The Hall–Kier alpha value is -1.93. The highest BCUT2D eigenvalue weighted by Crippen LogP contribution is 2.08. The van der Waals surface area contributed by atoms with Crippen molar-refractivity contribution in [2.45, 2.75) is 13.0 Å². The molecule has 0 aliphatic carbocycles. The van der Waals surface area contributed by atoms with Crippen LogP contribution in [0.15, 0.2) is 12.1 Å². The fourth-order valence-corrected chi connectivity index (χ4v) is 1.16. The van der Waals surface area contributed by atoms with Gasteiger partial charge in [-0.25, -0.2) is 4.98 Å². The Morgan fingerprint density at radius 2 is 2.40 bits per heavy atom. The SMILES string of the molecule is CNC(=O)c1nc(CO)ccc1CC#N. The summed E-state index contributed by atoms with van der Waals surface area (Å²) in [6, 6.07) is 5.19. The lowest BCUT2D eigenvalue weighted by molar-refractivity contribution is 0.0956. The summed E-state index contributed by atoms with van der Waals surface area (Å²) >= 11 is 0. The van der Waals surface area contributed by atoms with E-state index < -0.39 is 0 Å². The summed E-state index contributed by atoms with van der Waals surface area (Å²) in [6.45, 7) is -0.225. The van der Waals surface area contributed by atoms with Crippen LogP contribution in [-0.2, 0) is 13.0 Å². The van der Waals surface area contributed by atoms with Gasteiger partial charge in [0, 0.05) is 7.05 Å². The maximum Gasteiger partial charge on any atom is 0.269 e. The molecule has 0 aliphatic heterocycles. The lowest BCUT2D eigenvalue weighted by Gasteiger charge is -2.06. The number of hydrogen-bond acceptors (Lipinski definition) is 4. The molecule has 1 amide bonds. The minimum Gasteiger partial charge on any atom is -0.390 e. The molecule has 0 atom stereocenters. The van der Waals surface area contributed by atoms with E-state index in [0.717, 1.165) is 0 Å². The zero-order chi connectivity index (χ0) is 11.3. The molecule has 0 spiro atoms. The molecule has 0 aromatic carbocycles. The van der Waals surface area contributed by atoms with Crippen LogP contribution in [0.5, 0.6) is 0 Å². The Morgan fingerprint density at radius 1 is 1.67 bits per heavy atom. The zero-order valence-corrected chi connectivity index (χ0v) is 8.32. The molecule has 0 saturated heterocycles. The van der Waals surface area contributed by atoms with E-state index in [1.54, 1.807) is 12.1 Å². The van der Waals surface area contributed by atoms with Crippen molar-refractivity contribution in [1.82, 2.24) is 10.3 Å². The van der Waals surface area contributed by atoms with E-state index in [9.17, 15) is 4.79 Å². The lowest BCUT2D eigenvalue weighted by atomic mass is 10.1. The van der Waals surface area contributed by atoms with Crippen molar-refractivity contribution < 1.29 is 9.90 Å². The summed E-state index contributed by atoms with van der Waals surface area (Å²) in [4.78, 5) is 15.4. The standard InChI is InChI=1S/C10H11N3O2/c1-12-10(15)9-7(4-5-11)2-3-8(6-14)13-9/h2-3,14H,4,6H2,1H3,(H,12,15). The second-order valence-corrected chi connectivity index (χ2v) is 2.88. The number of aliphatic hydroxyl groups excluding tert-OH is 1. The van der Waals surface area contributed by atoms with E-state index in [-0.39, 0.29) is 24.6 Å². The summed E-state index contributed by atoms with van der Waals surface area (Å²) in [5, 5.41) is 19.9. The molecule has 0 bridgehead atoms. The van der Waals surface area contributed by atoms with Crippen LogP contribution in [0, 0.1) is 11.3 Å². The van der Waals surface area contributed by atoms with Crippen molar-refractivity contribution in [1.29, 1.82) is 5.26 Å². The van der Waals surface area contributed by atoms with E-state index in [4.69, 9.17) is 10.4 Å². The van der Waals surface area contributed by atoms with Crippen molar-refractivity contribution >= 4 is 5.91 Å². The normalized spacial score (nSPS) is 9.40. The van der Waals surface area contributed by atoms with E-state index in [1.807, 2.05) is 6.07 Å². The fourth-order valence-electron chi connectivity index (χ4n) is 1.16. The van der Waals surface area contributed by atoms with Crippen molar-refractivity contribution in [2.24, 2.45) is 0 Å². The van der Waals surface area contributed by atoms with Gasteiger partial charge in [-0.3, -0.25) is 4.79 Å². The average Bonchev–Trinajstić information content (AvgIpc) is 2.29. The van der Waals surface area contributed by atoms with Crippen molar-refractivity contribution in [2.75, 3.05) is 7.05 Å². The van der Waals surface area contributed by atoms with E-state index >= 15 is 0 Å². The van der Waals surface area contributed by atoms with E-state index in [1.165, 1.54) is 7.05 Å². The summed E-state index contributed by atoms with van der Waals surface area (Å²) < 4.78 is 0. The van der Waals surface area contributed by atoms with Gasteiger partial charge in [-0.2, -0.15) is 5.26 Å². The van der Waals surface area contributed by atoms with Crippen LogP contribution < -0.4 is 5.32 Å². The molecule has 0 radical (unpaired) electrons. The highest BCUT2D eigenvalue weighted by molar-refractivity contribution is 5.93. The third-order valence-corrected chi connectivity index (χ3v) is 1.91. The second-order valence-electron chi connectivity index (χ2n) is 2.88. The van der Waals surface area contributed by atoms with Crippen LogP contribution >= 0.6 is 0 Å². The Morgan fingerprint density at radius 3 is 2.93 bits per heavy atom. The Labute approximate surface area is 87.4 Å². The summed E-state index contributed by atoms with van der Waals surface area (Å²) in [6.07, 6.45) is 0.126. The third-order valence-electron chi connectivity index (χ3n) is 1.91. The van der Waals surface area contributed by atoms with Crippen LogP contribution in [-0.4, -0.2) is 23.0 Å². The largest absolute Gasteiger partial charge is 0.390 e. The number of nitrogens with zero attached hydrogens (tertiary/aromatic N) is 2. The predicted molar refractivity (Wildman–Crippen MR) is 52.9 cm³/mol. The summed E-state index contributed by atoms with van der Waals surface area (Å²) in [7, 11) is 1.49. The van der Waals surface area contributed by atoms with Gasteiger partial charge in [-0.15, -0.1) is 0 Å². The molecule has 0 aliphatic rings. The van der Waals surface area contributed by atoms with E-state index in [2.05, 4.69) is 10.3 Å². The highest BCUT2D eigenvalue weighted by atomic mass is 16.3. The van der Waals surface area contributed by atoms with Gasteiger partial charge in [0.15, 0.2) is 0 Å². The first-order valence-electron chi connectivity index (χ1n) is 4.41. The summed E-state index contributed by atoms with van der Waals surface area (Å²) in [5.41, 5.74) is 1.18. The van der Waals surface area contributed by atoms with Crippen LogP contribution in [0.2, 0.25) is 0 Å². The number of aromatic nitrogens is 1. The number of rotatable bonds is 3. The predicted octanol–water partition coefficient (Wildman–Crippen LogP) is -0.000420. The average molecular weight is 205 g/mol. The van der Waals surface area contributed by atoms with Gasteiger partial charge in [0.2, 0.25) is 0 Å². The quantitative estimate of drug-likeness (QED) is 0.727. The molecule has 1 aromatic rings. The third kappa shape index (κ3) is 2.51. The second kappa shape index (κ2) is 5.08. The molecule has 78 valence electrons. The van der Waals surface area contributed by atoms with Crippen molar-refractivity contribution in [3.8, 4) is 6.07 Å². The Kier molecular flexibility index (Phi) is 3.77. The van der Waals surface area contributed by atoms with Crippen LogP contribution in [0.4, 0.5) is 0 Å². The van der Waals surface area contributed by atoms with Crippen LogP contribution in [0.3, 0.4) is 0 Å². The number of nitriles is 1. The molecule has 0 unspecified atom stereocenters. The smallest absolute Gasteiger partial charge is 0.269 e. The molecule has 0 saturated carbocycles. The number of carbonyl (C=O) groups is 1. The molecule has 2 N–H and O–H groups in total. The first-order valence-corrected chi connectivity index (χ1v) is 4.41. The van der Waals surface area contributed by atoms with Crippen LogP contribution in [0.1, 0.15) is 21.7 Å². The number of amides is 1. The molecule has 15 heavy (non-hydrogen) atoms. The van der Waals surface area contributed by atoms with Gasteiger partial charge in [0.05, 0.1) is 24.8 Å². The highest BCUT2D eigenvalue weighted by Gasteiger charge is 2.12. The molecule has 1 aromatic heterocycles. The van der Waals surface area contributed by atoms with Crippen LogP contribution in [0.25, 0.3) is 0 Å². The molecule has 0 fully saturated rings. The fraction of sp³-hybridized carbons (Fsp3) is 0.300. The van der Waals surface area contributed by atoms with Gasteiger partial charge in [0.25, 0.3) is 5.91 Å². The molecular formula is C10H11N3O2. The molecule has 1 rings (SSSR count). The zero-order valence-electron chi connectivity index (χ0n) is 8.32. The van der Waals surface area contributed by atoms with Gasteiger partial charge < -0.3 is 10.4 Å².